The molecule has 4 rings (SSSR count). The molecule has 148 valence electrons. The number of nitrogens with zero attached hydrogens (tertiary/aromatic N) is 2. The lowest BCUT2D eigenvalue weighted by Crippen LogP contribution is -2.40. The van der Waals surface area contributed by atoms with E-state index in [0.717, 1.165) is 10.2 Å². The Balaban J connectivity index is 1.72. The standard InChI is InChI=1S/C21H17BrClN3O3/c1-21(20(27)28,13-6-8-14(22)9-7-13)29-19-11-10-15(23)12-18(19)26-24-16-4-2-3-5-17(16)25-26/h2-12,16,24H,1H3,(H,27,28). The van der Waals surface area contributed by atoms with Crippen molar-refractivity contribution in [2.24, 2.45) is 5.10 Å². The summed E-state index contributed by atoms with van der Waals surface area (Å²) in [5.74, 6) is -0.772. The van der Waals surface area contributed by atoms with Gasteiger partial charge in [-0.05, 0) is 43.3 Å². The number of anilines is 1. The quantitative estimate of drug-likeness (QED) is 0.659. The number of halogens is 2. The highest BCUT2D eigenvalue weighted by Crippen LogP contribution is 2.38. The number of rotatable bonds is 5. The molecule has 8 heteroatoms. The molecule has 29 heavy (non-hydrogen) atoms. The van der Waals surface area contributed by atoms with E-state index in [4.69, 9.17) is 16.3 Å². The third kappa shape index (κ3) is 3.81. The molecule has 1 aliphatic heterocycles. The van der Waals surface area contributed by atoms with Crippen LogP contribution in [-0.2, 0) is 10.4 Å². The highest BCUT2D eigenvalue weighted by molar-refractivity contribution is 9.10. The average Bonchev–Trinajstić information content (AvgIpc) is 3.13. The number of hydrogen-bond acceptors (Lipinski definition) is 5. The Morgan fingerprint density at radius 2 is 2.03 bits per heavy atom. The smallest absolute Gasteiger partial charge is 0.352 e. The third-order valence-electron chi connectivity index (χ3n) is 4.74. The number of allylic oxidation sites excluding steroid dienone is 2. The average molecular weight is 475 g/mol. The summed E-state index contributed by atoms with van der Waals surface area (Å²) in [6, 6.07) is 11.9. The van der Waals surface area contributed by atoms with Gasteiger partial charge in [0.05, 0.1) is 11.8 Å². The molecule has 0 bridgehead atoms. The minimum absolute atomic E-state index is 0.0656. The van der Waals surface area contributed by atoms with Gasteiger partial charge < -0.3 is 9.84 Å². The molecule has 0 aromatic heterocycles. The maximum absolute atomic E-state index is 12.2. The van der Waals surface area contributed by atoms with Crippen LogP contribution in [0.5, 0.6) is 5.75 Å². The Bertz CT molecular complexity index is 1050. The summed E-state index contributed by atoms with van der Waals surface area (Å²) in [4.78, 5) is 12.2. The first-order chi connectivity index (χ1) is 13.9. The largest absolute Gasteiger partial charge is 0.478 e. The third-order valence-corrected chi connectivity index (χ3v) is 5.51. The van der Waals surface area contributed by atoms with Crippen molar-refractivity contribution >= 4 is 44.9 Å². The zero-order valence-electron chi connectivity index (χ0n) is 15.3. The minimum atomic E-state index is -1.61. The number of fused-ring (bicyclic) bond motifs is 1. The maximum Gasteiger partial charge on any atom is 0.352 e. The number of carbonyl (C=O) groups is 1. The van der Waals surface area contributed by atoms with Crippen LogP contribution in [0, 0.1) is 0 Å². The van der Waals surface area contributed by atoms with E-state index in [9.17, 15) is 9.90 Å². The molecule has 2 aromatic rings. The van der Waals surface area contributed by atoms with Crippen molar-refractivity contribution in [3.8, 4) is 5.75 Å². The molecule has 2 unspecified atom stereocenters. The second kappa shape index (κ2) is 7.67. The van der Waals surface area contributed by atoms with Crippen LogP contribution in [0.15, 0.2) is 76.3 Å². The first kappa shape index (κ1) is 19.7. The lowest BCUT2D eigenvalue weighted by molar-refractivity contribution is -0.154. The predicted octanol–water partition coefficient (Wildman–Crippen LogP) is 4.66. The summed E-state index contributed by atoms with van der Waals surface area (Å²) < 4.78 is 6.93. The lowest BCUT2D eigenvalue weighted by atomic mass is 9.96. The zero-order chi connectivity index (χ0) is 20.6. The zero-order valence-corrected chi connectivity index (χ0v) is 17.7. The molecule has 0 radical (unpaired) electrons. The normalized spacial score (nSPS) is 19.5. The lowest BCUT2D eigenvalue weighted by Gasteiger charge is -2.29. The van der Waals surface area contributed by atoms with Crippen LogP contribution in [0.4, 0.5) is 5.69 Å². The molecule has 0 amide bonds. The Morgan fingerprint density at radius 1 is 1.28 bits per heavy atom. The second-order valence-electron chi connectivity index (χ2n) is 6.75. The Hall–Kier alpha value is -2.61. The van der Waals surface area contributed by atoms with E-state index in [1.807, 2.05) is 24.3 Å². The van der Waals surface area contributed by atoms with E-state index >= 15 is 0 Å². The number of hydrazine groups is 1. The predicted molar refractivity (Wildman–Crippen MR) is 116 cm³/mol. The number of aliphatic carboxylic acids is 1. The van der Waals surface area contributed by atoms with Gasteiger partial charge in [-0.1, -0.05) is 57.9 Å². The van der Waals surface area contributed by atoms with Gasteiger partial charge >= 0.3 is 5.97 Å². The summed E-state index contributed by atoms with van der Waals surface area (Å²) in [5.41, 5.74) is 3.50. The highest BCUT2D eigenvalue weighted by atomic mass is 79.9. The second-order valence-corrected chi connectivity index (χ2v) is 8.10. The number of ether oxygens (including phenoxy) is 1. The molecule has 6 nitrogen and oxygen atoms in total. The Kier molecular flexibility index (Phi) is 5.21. The number of hydrogen-bond donors (Lipinski definition) is 2. The number of carboxylic acids is 1. The fourth-order valence-electron chi connectivity index (χ4n) is 3.09. The summed E-state index contributed by atoms with van der Waals surface area (Å²) in [6.07, 6.45) is 7.73. The van der Waals surface area contributed by atoms with E-state index in [2.05, 4.69) is 26.5 Å². The van der Waals surface area contributed by atoms with E-state index < -0.39 is 11.6 Å². The van der Waals surface area contributed by atoms with Crippen molar-refractivity contribution in [2.45, 2.75) is 18.6 Å². The molecule has 1 aliphatic carbocycles. The SMILES string of the molecule is CC(Oc1ccc(Cl)cc1N1N=C2C=CC=CC2N1)(C(=O)O)c1ccc(Br)cc1. The molecule has 2 atom stereocenters. The number of nitrogens with one attached hydrogen (secondary N) is 1. The van der Waals surface area contributed by atoms with Crippen molar-refractivity contribution in [3.05, 3.63) is 81.8 Å². The van der Waals surface area contributed by atoms with E-state index in [1.165, 1.54) is 6.92 Å². The fraction of sp³-hybridized carbons (Fsp3) is 0.143. The summed E-state index contributed by atoms with van der Waals surface area (Å²) >= 11 is 9.57. The number of carboxylic acid groups (broad SMARTS) is 1. The maximum atomic E-state index is 12.2. The van der Waals surface area contributed by atoms with Crippen LogP contribution in [0.3, 0.4) is 0 Å². The van der Waals surface area contributed by atoms with Crippen LogP contribution in [-0.4, -0.2) is 22.8 Å². The van der Waals surface area contributed by atoms with Crippen molar-refractivity contribution in [3.63, 3.8) is 0 Å². The van der Waals surface area contributed by atoms with Crippen LogP contribution >= 0.6 is 27.5 Å². The summed E-state index contributed by atoms with van der Waals surface area (Å²) in [7, 11) is 0. The number of benzene rings is 2. The highest BCUT2D eigenvalue weighted by Gasteiger charge is 2.39. The minimum Gasteiger partial charge on any atom is -0.478 e. The van der Waals surface area contributed by atoms with Gasteiger partial charge in [0.15, 0.2) is 0 Å². The molecule has 0 spiro atoms. The molecule has 0 fully saturated rings. The first-order valence-electron chi connectivity index (χ1n) is 8.84. The summed E-state index contributed by atoms with van der Waals surface area (Å²) in [6.45, 7) is 1.52. The first-order valence-corrected chi connectivity index (χ1v) is 10.0. The number of hydrazone groups is 1. The Morgan fingerprint density at radius 3 is 2.72 bits per heavy atom. The topological polar surface area (TPSA) is 74.2 Å². The van der Waals surface area contributed by atoms with Crippen LogP contribution in [0.1, 0.15) is 12.5 Å². The monoisotopic (exact) mass is 473 g/mol. The molecular formula is C21H17BrClN3O3. The van der Waals surface area contributed by atoms with Crippen LogP contribution < -0.4 is 15.3 Å². The summed E-state index contributed by atoms with van der Waals surface area (Å²) in [5, 5.41) is 16.6. The molecular weight excluding hydrogens is 458 g/mol. The Labute approximate surface area is 181 Å². The van der Waals surface area contributed by atoms with Crippen molar-refractivity contribution in [1.29, 1.82) is 0 Å². The van der Waals surface area contributed by atoms with E-state index in [0.29, 0.717) is 22.0 Å². The van der Waals surface area contributed by atoms with Gasteiger partial charge in [-0.3, -0.25) is 0 Å². The van der Waals surface area contributed by atoms with Crippen molar-refractivity contribution in [2.75, 3.05) is 5.12 Å². The van der Waals surface area contributed by atoms with E-state index in [-0.39, 0.29) is 6.04 Å². The fourth-order valence-corrected chi connectivity index (χ4v) is 3.52. The van der Waals surface area contributed by atoms with Crippen molar-refractivity contribution < 1.29 is 14.6 Å². The van der Waals surface area contributed by atoms with Crippen LogP contribution in [0.2, 0.25) is 5.02 Å². The van der Waals surface area contributed by atoms with Crippen molar-refractivity contribution in [1.82, 2.24) is 5.43 Å². The molecule has 0 saturated carbocycles. The molecule has 2 N–H and O–H groups in total. The van der Waals surface area contributed by atoms with Gasteiger partial charge in [0.25, 0.3) is 0 Å². The van der Waals surface area contributed by atoms with E-state index in [1.54, 1.807) is 47.6 Å². The van der Waals surface area contributed by atoms with Gasteiger partial charge in [-0.15, -0.1) is 0 Å². The molecule has 2 aromatic carbocycles. The van der Waals surface area contributed by atoms with Gasteiger partial charge in [-0.2, -0.15) is 15.6 Å². The van der Waals surface area contributed by atoms with Crippen LogP contribution in [0.25, 0.3) is 0 Å². The van der Waals surface area contributed by atoms with Gasteiger partial charge in [0.1, 0.15) is 11.4 Å². The molecule has 2 aliphatic rings. The molecule has 0 saturated heterocycles. The molecule has 1 heterocycles. The van der Waals surface area contributed by atoms with Gasteiger partial charge in [-0.25, -0.2) is 4.79 Å². The van der Waals surface area contributed by atoms with Gasteiger partial charge in [0.2, 0.25) is 5.60 Å². The van der Waals surface area contributed by atoms with Gasteiger partial charge in [0, 0.05) is 15.1 Å².